The number of carbonyl (C=O) groups excluding carboxylic acids is 9. The van der Waals surface area contributed by atoms with Crippen molar-refractivity contribution in [1.82, 2.24) is 41.6 Å². The van der Waals surface area contributed by atoms with E-state index in [0.717, 1.165) is 52.3 Å². The molecule has 1 fully saturated rings. The fraction of sp³-hybridized carbons (Fsp3) is 0.694. The fourth-order valence-electron chi connectivity index (χ4n) is 10.1. The molecule has 1 aliphatic rings. The number of piperidine rings is 1. The molecular formula is C62H98N8O20S3. The molecule has 0 spiro atoms. The number of thiazole rings is 1. The van der Waals surface area contributed by atoms with E-state index in [4.69, 9.17) is 19.3 Å². The van der Waals surface area contributed by atoms with Crippen molar-refractivity contribution in [1.29, 1.82) is 0 Å². The third-order valence-electron chi connectivity index (χ3n) is 15.9. The van der Waals surface area contributed by atoms with Gasteiger partial charge in [-0.1, -0.05) is 102 Å². The lowest BCUT2D eigenvalue weighted by Gasteiger charge is -2.39. The summed E-state index contributed by atoms with van der Waals surface area (Å²) < 4.78 is 16.8. The number of hydrazine groups is 1. The van der Waals surface area contributed by atoms with Gasteiger partial charge in [0.2, 0.25) is 23.6 Å². The average molecular weight is 1370 g/mol. The molecule has 1 aliphatic heterocycles. The van der Waals surface area contributed by atoms with Crippen molar-refractivity contribution in [3.8, 4) is 5.75 Å². The Morgan fingerprint density at radius 1 is 0.839 bits per heavy atom. The van der Waals surface area contributed by atoms with Gasteiger partial charge in [0.1, 0.15) is 47.4 Å². The van der Waals surface area contributed by atoms with Gasteiger partial charge in [-0.25, -0.2) is 20.0 Å². The van der Waals surface area contributed by atoms with Crippen molar-refractivity contribution < 1.29 is 97.9 Å². The Morgan fingerprint density at radius 2 is 1.52 bits per heavy atom. The largest absolute Gasteiger partial charge is 0.508 e. The molecule has 0 radical (unpaired) electrons. The van der Waals surface area contributed by atoms with Gasteiger partial charge in [0.15, 0.2) is 18.6 Å². The number of hydrogen-bond acceptors (Lipinski definition) is 24. The molecule has 28 nitrogen and oxygen atoms in total. The van der Waals surface area contributed by atoms with Crippen LogP contribution in [0.4, 0.5) is 4.79 Å². The van der Waals surface area contributed by atoms with E-state index in [9.17, 15) is 73.8 Å². The summed E-state index contributed by atoms with van der Waals surface area (Å²) in [5.41, 5.74) is 5.13. The number of nitrogens with zero attached hydrogens (tertiary/aromatic N) is 3. The van der Waals surface area contributed by atoms with E-state index in [-0.39, 0.29) is 115 Å². The number of ketones is 1. The zero-order chi connectivity index (χ0) is 69.6. The monoisotopic (exact) mass is 1370 g/mol. The first-order valence-electron chi connectivity index (χ1n) is 31.4. The number of likely N-dealkylation sites (tertiary alicyclic amines) is 1. The number of aromatic nitrogens is 1. The number of phenolic OH excluding ortho intramolecular Hbond substituents is 1. The van der Waals surface area contributed by atoms with Gasteiger partial charge in [0.05, 0.1) is 18.8 Å². The summed E-state index contributed by atoms with van der Waals surface area (Å²) in [6, 6.07) is 3.12. The molecule has 0 saturated carbocycles. The second-order valence-corrected chi connectivity index (χ2v) is 27.9. The van der Waals surface area contributed by atoms with Crippen molar-refractivity contribution in [2.75, 3.05) is 51.6 Å². The average Bonchev–Trinajstić information content (AvgIpc) is 1.85. The molecule has 1 aromatic carbocycles. The van der Waals surface area contributed by atoms with E-state index in [1.54, 1.807) is 19.1 Å². The molecule has 13 atom stereocenters. The number of hydrogen-bond donors (Lipinski definition) is 12. The molecule has 0 aliphatic carbocycles. The van der Waals surface area contributed by atoms with Gasteiger partial charge in [-0.05, 0) is 81.1 Å². The van der Waals surface area contributed by atoms with E-state index in [1.807, 2.05) is 53.5 Å². The van der Waals surface area contributed by atoms with Crippen molar-refractivity contribution in [3.63, 3.8) is 0 Å². The van der Waals surface area contributed by atoms with Crippen LogP contribution in [-0.2, 0) is 59.0 Å². The highest BCUT2D eigenvalue weighted by molar-refractivity contribution is 8.76. The Morgan fingerprint density at radius 3 is 2.13 bits per heavy atom. The maximum absolute atomic E-state index is 15.1. The fourth-order valence-corrected chi connectivity index (χ4v) is 12.9. The van der Waals surface area contributed by atoms with Gasteiger partial charge in [0.25, 0.3) is 5.91 Å². The highest BCUT2D eigenvalue weighted by atomic mass is 33.1. The van der Waals surface area contributed by atoms with E-state index in [0.29, 0.717) is 18.4 Å². The molecule has 12 N–H and O–H groups in total. The lowest BCUT2D eigenvalue weighted by Crippen LogP contribution is -2.50. The van der Waals surface area contributed by atoms with Gasteiger partial charge < -0.3 is 70.8 Å². The summed E-state index contributed by atoms with van der Waals surface area (Å²) in [5.74, 6) is -8.39. The van der Waals surface area contributed by atoms with Crippen LogP contribution >= 0.6 is 32.9 Å². The molecule has 3 rings (SSSR count). The summed E-state index contributed by atoms with van der Waals surface area (Å²) in [6.45, 7) is 14.4. The van der Waals surface area contributed by atoms with Crippen LogP contribution in [0.5, 0.6) is 5.75 Å². The number of Topliss-reactive ketones (excluding diaryl/α,β-unsaturated/α-hetero) is 1. The molecule has 2 heterocycles. The van der Waals surface area contributed by atoms with Crippen LogP contribution in [0.2, 0.25) is 0 Å². The summed E-state index contributed by atoms with van der Waals surface area (Å²) in [6.07, 6.45) is -6.07. The Labute approximate surface area is 555 Å². The summed E-state index contributed by atoms with van der Waals surface area (Å²) in [5, 5.41) is 77.2. The highest BCUT2D eigenvalue weighted by Gasteiger charge is 2.40. The number of ether oxygens (including phenoxy) is 3. The number of benzene rings is 1. The second-order valence-electron chi connectivity index (χ2n) is 24.4. The third kappa shape index (κ3) is 28.7. The van der Waals surface area contributed by atoms with Gasteiger partial charge in [-0.15, -0.1) is 11.3 Å². The number of aliphatic hydroxyl groups excluding tert-OH is 5. The first kappa shape index (κ1) is 81.0. The molecular weight excluding hydrogens is 1270 g/mol. The van der Waals surface area contributed by atoms with E-state index in [2.05, 4.69) is 31.8 Å². The number of amides is 6. The number of carboxylic acids is 1. The molecule has 93 heavy (non-hydrogen) atoms. The van der Waals surface area contributed by atoms with Crippen molar-refractivity contribution >= 4 is 92.2 Å². The topological polar surface area (TPSA) is 420 Å². The summed E-state index contributed by atoms with van der Waals surface area (Å²) in [7, 11) is 4.12. The lowest BCUT2D eigenvalue weighted by molar-refractivity contribution is -0.162. The SMILES string of the molecule is CCC(C)[C@H](CC(=O)[C@H]1CCCCN1C)C(=O)N(COC(=O)CC(C)C)[C@H](C[C@@H](OC(C)=O)c1nc(C(=O)N[C@@H](Cc2ccc(O)cc2)C[C@H](C)C(=O)NNC(=O)OCCSSC[C@H](NC(=O)[C@@H](C)CCC(=O)NC[C@H](O)[C@@H](O)[C@H](O)[C@H](O)CO)C(=O)O)cs1)C(C)C. The molecule has 0 bridgehead atoms. The zero-order valence-corrected chi connectivity index (χ0v) is 57.2. The van der Waals surface area contributed by atoms with Crippen molar-refractivity contribution in [2.45, 2.75) is 188 Å². The number of aliphatic hydroxyl groups is 5. The smallest absolute Gasteiger partial charge is 0.426 e. The van der Waals surface area contributed by atoms with Gasteiger partial charge in [-0.3, -0.25) is 48.7 Å². The standard InChI is InChI=1S/C62H98N8O20S3/c1-11-36(6)43(27-48(74)46-14-12-13-21-69(46)10)60(84)70(33-89-53(78)24-34(2)3)47(35(4)5)28-51(90-39(9)72)59-66-44(31-91-59)58(83)64-41(26-40-16-18-42(73)19-17-40)25-38(8)57(82)67-68-62(87)88-22-23-92-93-32-45(61(85)86)65-56(81)37(7)15-20-52(77)63-29-49(75)54(79)55(80)50(76)30-71/h16-19,31,34-38,41,43,45-47,49-51,54-55,71,73,75-76,79-80H,11-15,20-30,32-33H2,1-10H3,(H,63,77)(H,64,83)(H,65,81)(H,67,82)(H,68,87)(H,85,86)/t36?,37-,38-,41+,43-,45-,46+,47+,49-,50+,51+,54+,55+/m0/s1. The van der Waals surface area contributed by atoms with E-state index in [1.165, 1.54) is 36.3 Å². The van der Waals surface area contributed by atoms with Crippen LogP contribution in [0.25, 0.3) is 0 Å². The first-order valence-corrected chi connectivity index (χ1v) is 34.7. The molecule has 2 aromatic rings. The number of likely N-dealkylation sites (N-methyl/N-ethyl adjacent to an activating group) is 1. The number of esters is 2. The number of phenols is 1. The second kappa shape index (κ2) is 41.6. The minimum absolute atomic E-state index is 0.00479. The minimum Gasteiger partial charge on any atom is -0.508 e. The molecule has 1 saturated heterocycles. The number of nitrogens with one attached hydrogen (secondary N) is 5. The number of rotatable bonds is 41. The first-order chi connectivity index (χ1) is 43.9. The number of carbonyl (C=O) groups is 10. The molecule has 1 aromatic heterocycles. The Bertz CT molecular complexity index is 2730. The maximum Gasteiger partial charge on any atom is 0.426 e. The summed E-state index contributed by atoms with van der Waals surface area (Å²) >= 11 is 1.05. The molecule has 524 valence electrons. The van der Waals surface area contributed by atoms with Crippen LogP contribution in [0.1, 0.15) is 154 Å². The third-order valence-corrected chi connectivity index (χ3v) is 19.3. The van der Waals surface area contributed by atoms with Crippen LogP contribution < -0.4 is 26.8 Å². The van der Waals surface area contributed by atoms with Gasteiger partial charge in [-0.2, -0.15) is 0 Å². The van der Waals surface area contributed by atoms with Crippen LogP contribution in [0.3, 0.4) is 0 Å². The Hall–Kier alpha value is -6.19. The van der Waals surface area contributed by atoms with E-state index >= 15 is 4.79 Å². The number of aromatic hydroxyl groups is 1. The lowest BCUT2D eigenvalue weighted by atomic mass is 9.82. The van der Waals surface area contributed by atoms with Gasteiger partial charge >= 0.3 is 24.0 Å². The zero-order valence-electron chi connectivity index (χ0n) is 54.8. The van der Waals surface area contributed by atoms with Crippen LogP contribution in [0, 0.1) is 35.5 Å². The van der Waals surface area contributed by atoms with Gasteiger partial charge in [0, 0.05) is 85.9 Å². The van der Waals surface area contributed by atoms with Crippen LogP contribution in [-0.4, -0.2) is 210 Å². The van der Waals surface area contributed by atoms with Crippen molar-refractivity contribution in [2.24, 2.45) is 35.5 Å². The quantitative estimate of drug-likeness (QED) is 0.0113. The highest BCUT2D eigenvalue weighted by Crippen LogP contribution is 2.34. The van der Waals surface area contributed by atoms with Crippen molar-refractivity contribution in [3.05, 3.63) is 45.9 Å². The minimum atomic E-state index is -1.88. The molecule has 6 amide bonds. The van der Waals surface area contributed by atoms with Crippen LogP contribution in [0.15, 0.2) is 29.6 Å². The maximum atomic E-state index is 15.1. The predicted molar refractivity (Wildman–Crippen MR) is 346 cm³/mol. The number of carboxylic acid groups (broad SMARTS) is 1. The molecule has 1 unspecified atom stereocenters. The molecule has 31 heteroatoms. The summed E-state index contributed by atoms with van der Waals surface area (Å²) in [4.78, 5) is 140. The Kier molecular flexibility index (Phi) is 36.2. The van der Waals surface area contributed by atoms with E-state index < -0.39 is 134 Å². The Balaban J connectivity index is 1.65. The number of aliphatic carboxylic acids is 1. The predicted octanol–water partition coefficient (Wildman–Crippen LogP) is 3.39. The normalized spacial score (nSPS) is 17.3.